The van der Waals surface area contributed by atoms with Crippen LogP contribution in [0.3, 0.4) is 0 Å². The molecule has 0 unspecified atom stereocenters. The van der Waals surface area contributed by atoms with E-state index >= 15 is 0 Å². The van der Waals surface area contributed by atoms with Crippen LogP contribution in [-0.2, 0) is 11.3 Å². The van der Waals surface area contributed by atoms with Gasteiger partial charge in [-0.2, -0.15) is 9.61 Å². The molecule has 8 heteroatoms. The van der Waals surface area contributed by atoms with E-state index in [0.717, 1.165) is 10.2 Å². The van der Waals surface area contributed by atoms with Crippen LogP contribution in [0.15, 0.2) is 71.5 Å². The molecule has 2 heterocycles. The van der Waals surface area contributed by atoms with Crippen molar-refractivity contribution in [1.29, 1.82) is 0 Å². The average Bonchev–Trinajstić information content (AvgIpc) is 3.05. The van der Waals surface area contributed by atoms with Crippen LogP contribution in [0.4, 0.5) is 5.69 Å². The van der Waals surface area contributed by atoms with Gasteiger partial charge in [0.1, 0.15) is 12.3 Å². The maximum atomic E-state index is 12.7. The predicted octanol–water partition coefficient (Wildman–Crippen LogP) is 2.60. The zero-order chi connectivity index (χ0) is 20.2. The number of nitrogens with zero attached hydrogens (tertiary/aromatic N) is 4. The van der Waals surface area contributed by atoms with Gasteiger partial charge in [-0.1, -0.05) is 42.5 Å². The molecule has 1 N–H and O–H groups in total. The van der Waals surface area contributed by atoms with Crippen LogP contribution in [0.5, 0.6) is 5.75 Å². The molecule has 0 aliphatic heterocycles. The molecule has 0 saturated carbocycles. The van der Waals surface area contributed by atoms with Gasteiger partial charge < -0.3 is 10.1 Å². The number of nitrogens with one attached hydrogen (secondary N) is 1. The van der Waals surface area contributed by atoms with Crippen molar-refractivity contribution in [3.8, 4) is 17.0 Å². The number of benzene rings is 2. The lowest BCUT2D eigenvalue weighted by Crippen LogP contribution is -2.29. The molecular weight excluding hydrogens is 370 g/mol. The van der Waals surface area contributed by atoms with Crippen LogP contribution < -0.4 is 15.7 Å². The number of aromatic nitrogens is 4. The second-order valence-electron chi connectivity index (χ2n) is 6.27. The number of anilines is 1. The van der Waals surface area contributed by atoms with Gasteiger partial charge in [0.05, 0.1) is 18.0 Å². The van der Waals surface area contributed by atoms with Crippen LogP contribution >= 0.6 is 0 Å². The van der Waals surface area contributed by atoms with Crippen LogP contribution in [0.1, 0.15) is 6.92 Å². The summed E-state index contributed by atoms with van der Waals surface area (Å²) >= 11 is 0. The van der Waals surface area contributed by atoms with E-state index in [-0.39, 0.29) is 12.5 Å². The lowest BCUT2D eigenvalue weighted by molar-refractivity contribution is -0.117. The van der Waals surface area contributed by atoms with Crippen LogP contribution in [0.2, 0.25) is 0 Å². The summed E-state index contributed by atoms with van der Waals surface area (Å²) in [5.41, 5.74) is 1.97. The highest BCUT2D eigenvalue weighted by Crippen LogP contribution is 2.23. The fourth-order valence-corrected chi connectivity index (χ4v) is 2.95. The summed E-state index contributed by atoms with van der Waals surface area (Å²) < 4.78 is 7.79. The van der Waals surface area contributed by atoms with E-state index in [2.05, 4.69) is 15.5 Å². The molecule has 2 aromatic heterocycles. The number of hydrogen-bond donors (Lipinski definition) is 1. The van der Waals surface area contributed by atoms with E-state index in [4.69, 9.17) is 4.74 Å². The van der Waals surface area contributed by atoms with E-state index in [1.54, 1.807) is 30.3 Å². The monoisotopic (exact) mass is 389 g/mol. The molecule has 1 amide bonds. The molecule has 0 saturated heterocycles. The maximum Gasteiger partial charge on any atom is 0.367 e. The zero-order valence-corrected chi connectivity index (χ0v) is 15.8. The zero-order valence-electron chi connectivity index (χ0n) is 15.8. The van der Waals surface area contributed by atoms with E-state index in [0.29, 0.717) is 29.4 Å². The van der Waals surface area contributed by atoms with Gasteiger partial charge in [0, 0.05) is 5.56 Å². The van der Waals surface area contributed by atoms with Crippen LogP contribution in [0.25, 0.3) is 16.9 Å². The third kappa shape index (κ3) is 3.86. The van der Waals surface area contributed by atoms with Gasteiger partial charge in [0.15, 0.2) is 5.65 Å². The smallest absolute Gasteiger partial charge is 0.367 e. The molecule has 0 radical (unpaired) electrons. The summed E-state index contributed by atoms with van der Waals surface area (Å²) in [6.45, 7) is 2.11. The second kappa shape index (κ2) is 7.97. The highest BCUT2D eigenvalue weighted by molar-refractivity contribution is 5.92. The summed E-state index contributed by atoms with van der Waals surface area (Å²) in [5, 5.41) is 11.3. The Bertz CT molecular complexity index is 1210. The Morgan fingerprint density at radius 1 is 1.00 bits per heavy atom. The lowest BCUT2D eigenvalue weighted by atomic mass is 10.1. The number of carbonyl (C=O) groups is 1. The van der Waals surface area contributed by atoms with E-state index in [1.807, 2.05) is 43.3 Å². The molecule has 0 spiro atoms. The number of fused-ring (bicyclic) bond motifs is 1. The van der Waals surface area contributed by atoms with Crippen molar-refractivity contribution in [2.45, 2.75) is 13.5 Å². The van der Waals surface area contributed by atoms with Crippen molar-refractivity contribution in [2.75, 3.05) is 11.9 Å². The van der Waals surface area contributed by atoms with E-state index < -0.39 is 5.69 Å². The van der Waals surface area contributed by atoms with Crippen molar-refractivity contribution < 1.29 is 9.53 Å². The number of hydrogen-bond acceptors (Lipinski definition) is 5. The minimum atomic E-state index is -0.481. The molecule has 4 rings (SSSR count). The number of para-hydroxylation sites is 2. The molecule has 0 aliphatic rings. The Morgan fingerprint density at radius 2 is 1.76 bits per heavy atom. The highest BCUT2D eigenvalue weighted by Gasteiger charge is 2.14. The van der Waals surface area contributed by atoms with Gasteiger partial charge in [-0.05, 0) is 31.2 Å². The first-order valence-corrected chi connectivity index (χ1v) is 9.19. The van der Waals surface area contributed by atoms with Crippen molar-refractivity contribution in [2.24, 2.45) is 0 Å². The molecule has 29 heavy (non-hydrogen) atoms. The summed E-state index contributed by atoms with van der Waals surface area (Å²) in [7, 11) is 0. The molecule has 4 aromatic rings. The Kier molecular flexibility index (Phi) is 5.07. The predicted molar refractivity (Wildman–Crippen MR) is 109 cm³/mol. The Morgan fingerprint density at radius 3 is 2.55 bits per heavy atom. The topological polar surface area (TPSA) is 90.5 Å². The van der Waals surface area contributed by atoms with Crippen molar-refractivity contribution >= 4 is 17.2 Å². The molecule has 0 atom stereocenters. The Balaban J connectivity index is 1.58. The van der Waals surface area contributed by atoms with Gasteiger partial charge in [-0.25, -0.2) is 9.48 Å². The molecule has 8 nitrogen and oxygen atoms in total. The van der Waals surface area contributed by atoms with Crippen molar-refractivity contribution in [3.63, 3.8) is 0 Å². The molecular formula is C21H19N5O3. The Labute approximate surface area is 166 Å². The molecule has 0 bridgehead atoms. The summed E-state index contributed by atoms with van der Waals surface area (Å²) in [4.78, 5) is 25.1. The minimum Gasteiger partial charge on any atom is -0.492 e. The average molecular weight is 389 g/mol. The van der Waals surface area contributed by atoms with Gasteiger partial charge in [-0.15, -0.1) is 5.10 Å². The third-order valence-corrected chi connectivity index (χ3v) is 4.26. The quantitative estimate of drug-likeness (QED) is 0.547. The summed E-state index contributed by atoms with van der Waals surface area (Å²) in [6.07, 6.45) is 0. The van der Waals surface area contributed by atoms with Gasteiger partial charge in [-0.3, -0.25) is 4.79 Å². The number of rotatable bonds is 6. The number of amides is 1. The Hall–Kier alpha value is -3.94. The molecule has 2 aromatic carbocycles. The molecule has 0 aliphatic carbocycles. The fraction of sp³-hybridized carbons (Fsp3) is 0.143. The summed E-state index contributed by atoms with van der Waals surface area (Å²) in [5.74, 6) is 0.186. The van der Waals surface area contributed by atoms with Gasteiger partial charge in [0.25, 0.3) is 0 Å². The molecule has 146 valence electrons. The lowest BCUT2D eigenvalue weighted by Gasteiger charge is -2.10. The maximum absolute atomic E-state index is 12.7. The normalized spacial score (nSPS) is 10.8. The largest absolute Gasteiger partial charge is 0.492 e. The first-order valence-electron chi connectivity index (χ1n) is 9.19. The van der Waals surface area contributed by atoms with Crippen LogP contribution in [-0.4, -0.2) is 31.9 Å². The SMILES string of the molecule is CCOc1ccccc1NC(=O)Cn1nc2ccc(-c3ccccc3)nn2c1=O. The van der Waals surface area contributed by atoms with Gasteiger partial charge in [0.2, 0.25) is 5.91 Å². The fourth-order valence-electron chi connectivity index (χ4n) is 2.95. The first kappa shape index (κ1) is 18.4. The molecule has 0 fully saturated rings. The standard InChI is InChI=1S/C21H19N5O3/c1-2-29-18-11-7-6-10-17(18)22-20(27)14-25-21(28)26-19(24-25)13-12-16(23-26)15-8-4-3-5-9-15/h3-13H,2,14H2,1H3,(H,22,27). The summed E-state index contributed by atoms with van der Waals surface area (Å²) in [6, 6.07) is 20.2. The minimum absolute atomic E-state index is 0.233. The van der Waals surface area contributed by atoms with Crippen molar-refractivity contribution in [1.82, 2.24) is 19.4 Å². The first-order chi connectivity index (χ1) is 14.2. The van der Waals surface area contributed by atoms with E-state index in [9.17, 15) is 9.59 Å². The number of carbonyl (C=O) groups excluding carboxylic acids is 1. The third-order valence-electron chi connectivity index (χ3n) is 4.26. The number of ether oxygens (including phenoxy) is 1. The van der Waals surface area contributed by atoms with E-state index in [1.165, 1.54) is 4.52 Å². The van der Waals surface area contributed by atoms with Crippen molar-refractivity contribution in [3.05, 3.63) is 77.2 Å². The van der Waals surface area contributed by atoms with Gasteiger partial charge >= 0.3 is 5.69 Å². The second-order valence-corrected chi connectivity index (χ2v) is 6.27. The van der Waals surface area contributed by atoms with Crippen LogP contribution in [0, 0.1) is 0 Å². The highest BCUT2D eigenvalue weighted by atomic mass is 16.5.